The highest BCUT2D eigenvalue weighted by Gasteiger charge is 2.52. The molecule has 0 radical (unpaired) electrons. The summed E-state index contributed by atoms with van der Waals surface area (Å²) in [6.45, 7) is 12.8. The van der Waals surface area contributed by atoms with Crippen molar-refractivity contribution in [3.63, 3.8) is 0 Å². The lowest BCUT2D eigenvalue weighted by molar-refractivity contribution is -0.138. The van der Waals surface area contributed by atoms with E-state index in [9.17, 15) is 14.3 Å². The van der Waals surface area contributed by atoms with E-state index in [1.807, 2.05) is 97.9 Å². The molecule has 0 aliphatic heterocycles. The highest BCUT2D eigenvalue weighted by atomic mass is 31.2. The lowest BCUT2D eigenvalue weighted by Gasteiger charge is -2.45. The number of nitrogens with zero attached hydrogens (tertiary/aromatic N) is 1. The molecule has 1 unspecified atom stereocenters. The van der Waals surface area contributed by atoms with Crippen molar-refractivity contribution in [1.82, 2.24) is 4.98 Å². The van der Waals surface area contributed by atoms with Gasteiger partial charge in [-0.15, -0.1) is 0 Å². The maximum Gasteiger partial charge on any atom is 0.305 e. The Morgan fingerprint density at radius 2 is 1.43 bits per heavy atom. The molecule has 9 heteroatoms. The van der Waals surface area contributed by atoms with E-state index in [0.717, 1.165) is 56.9 Å². The molecule has 53 heavy (non-hydrogen) atoms. The molecule has 4 aromatic carbocycles. The molecule has 2 atom stereocenters. The van der Waals surface area contributed by atoms with E-state index in [2.05, 4.69) is 27.4 Å². The van der Waals surface area contributed by atoms with Crippen LogP contribution in [0.25, 0.3) is 27.7 Å². The van der Waals surface area contributed by atoms with E-state index in [1.165, 1.54) is 19.2 Å². The Hall–Kier alpha value is -4.46. The molecular weight excluding hydrogens is 701 g/mol. The van der Waals surface area contributed by atoms with Crippen LogP contribution < -0.4 is 10.4 Å². The Labute approximate surface area is 313 Å². The third-order valence-corrected chi connectivity index (χ3v) is 17.8. The van der Waals surface area contributed by atoms with Crippen LogP contribution in [-0.4, -0.2) is 43.8 Å². The van der Waals surface area contributed by atoms with E-state index >= 15 is 4.57 Å². The number of carboxylic acid groups (broad SMARTS) is 1. The SMILES string of the molecule is C=C(c1c(C2CC2)nc(-c2ccccc2)c(C)c1-c1ccc(F)cc1)P(=O)(C[C@H](CC(=O)O)O[Si](c1ccccc1)(c1ccccc1)C(C)(C)C)OC. The molecule has 6 rings (SSSR count). The maximum atomic E-state index is 15.5. The smallest absolute Gasteiger partial charge is 0.305 e. The predicted octanol–water partition coefficient (Wildman–Crippen LogP) is 10.1. The van der Waals surface area contributed by atoms with Gasteiger partial charge in [-0.25, -0.2) is 4.39 Å². The van der Waals surface area contributed by atoms with Gasteiger partial charge in [0, 0.05) is 29.5 Å². The average molecular weight is 748 g/mol. The first-order chi connectivity index (χ1) is 25.3. The third kappa shape index (κ3) is 7.78. The van der Waals surface area contributed by atoms with Crippen LogP contribution in [0.2, 0.25) is 5.04 Å². The minimum atomic E-state index is -3.92. The fourth-order valence-electron chi connectivity index (χ4n) is 7.51. The fraction of sp³-hybridized carbons (Fsp3) is 0.273. The van der Waals surface area contributed by atoms with Crippen molar-refractivity contribution in [2.45, 2.75) is 64.0 Å². The molecule has 5 aromatic rings. The molecule has 6 nitrogen and oxygen atoms in total. The zero-order valence-electron chi connectivity index (χ0n) is 31.0. The lowest BCUT2D eigenvalue weighted by atomic mass is 9.90. The van der Waals surface area contributed by atoms with Crippen molar-refractivity contribution in [2.75, 3.05) is 13.3 Å². The summed E-state index contributed by atoms with van der Waals surface area (Å²) in [6.07, 6.45) is 0.200. The molecule has 0 bridgehead atoms. The third-order valence-electron chi connectivity index (χ3n) is 10.2. The number of aromatic nitrogens is 1. The molecule has 1 heterocycles. The number of hydrogen-bond acceptors (Lipinski definition) is 5. The van der Waals surface area contributed by atoms with Crippen LogP contribution in [0.3, 0.4) is 0 Å². The molecular formula is C44H47FNO5PSi. The van der Waals surface area contributed by atoms with Crippen LogP contribution in [0.15, 0.2) is 122 Å². The van der Waals surface area contributed by atoms with Gasteiger partial charge < -0.3 is 14.1 Å². The van der Waals surface area contributed by atoms with Crippen LogP contribution in [0.4, 0.5) is 4.39 Å². The summed E-state index contributed by atoms with van der Waals surface area (Å²) in [6, 6.07) is 36.1. The highest BCUT2D eigenvalue weighted by molar-refractivity contribution is 7.69. The van der Waals surface area contributed by atoms with E-state index < -0.39 is 39.2 Å². The fourth-order valence-corrected chi connectivity index (χ4v) is 14.2. The minimum absolute atomic E-state index is 0.109. The average Bonchev–Trinajstić information content (AvgIpc) is 4.00. The first-order valence-corrected chi connectivity index (χ1v) is 21.7. The summed E-state index contributed by atoms with van der Waals surface area (Å²) in [5.41, 5.74) is 5.41. The normalized spacial score (nSPS) is 15.1. The van der Waals surface area contributed by atoms with Crippen LogP contribution in [0.1, 0.15) is 62.8 Å². The Kier molecular flexibility index (Phi) is 11.2. The minimum Gasteiger partial charge on any atom is -0.481 e. The summed E-state index contributed by atoms with van der Waals surface area (Å²) in [5.74, 6) is -1.33. The summed E-state index contributed by atoms with van der Waals surface area (Å²) >= 11 is 0. The number of carbonyl (C=O) groups is 1. The Balaban J connectivity index is 1.52. The lowest BCUT2D eigenvalue weighted by Crippen LogP contribution is -2.68. The summed E-state index contributed by atoms with van der Waals surface area (Å²) in [7, 11) is -5.80. The second-order valence-corrected chi connectivity index (χ2v) is 21.7. The highest BCUT2D eigenvalue weighted by Crippen LogP contribution is 2.63. The number of pyridine rings is 1. The maximum absolute atomic E-state index is 15.5. The molecule has 0 saturated heterocycles. The summed E-state index contributed by atoms with van der Waals surface area (Å²) in [4.78, 5) is 17.9. The second-order valence-electron chi connectivity index (χ2n) is 14.9. The first kappa shape index (κ1) is 38.3. The van der Waals surface area contributed by atoms with Crippen molar-refractivity contribution in [1.29, 1.82) is 0 Å². The standard InChI is InChI=1S/C44H47FNO5PSi/c1-30-40(32-24-26-35(45)27-25-32)41(43(34-22-23-34)46-42(30)33-16-10-7-11-17-33)31(2)52(49,50-6)29-36(28-39(47)48)51-53(44(3,4)5,37-18-12-8-13-19-37)38-20-14-9-15-21-38/h7-21,24-27,34,36H,2,22-23,28-29H2,1,3-6H3,(H,47,48)/t36-,52?/m0/s1. The van der Waals surface area contributed by atoms with Crippen molar-refractivity contribution >= 4 is 37.3 Å². The Bertz CT molecular complexity index is 2090. The topological polar surface area (TPSA) is 85.7 Å². The summed E-state index contributed by atoms with van der Waals surface area (Å²) in [5, 5.41) is 12.1. The van der Waals surface area contributed by atoms with E-state index in [4.69, 9.17) is 13.9 Å². The van der Waals surface area contributed by atoms with Crippen molar-refractivity contribution in [2.24, 2.45) is 0 Å². The first-order valence-electron chi connectivity index (χ1n) is 18.0. The van der Waals surface area contributed by atoms with Crippen LogP contribution in [0.5, 0.6) is 0 Å². The van der Waals surface area contributed by atoms with Gasteiger partial charge in [0.15, 0.2) is 0 Å². The van der Waals surface area contributed by atoms with Gasteiger partial charge in [0.25, 0.3) is 8.32 Å². The molecule has 1 N–H and O–H groups in total. The van der Waals surface area contributed by atoms with Gasteiger partial charge >= 0.3 is 5.97 Å². The van der Waals surface area contributed by atoms with Crippen molar-refractivity contribution in [3.05, 3.63) is 144 Å². The van der Waals surface area contributed by atoms with Crippen molar-refractivity contribution in [3.8, 4) is 22.4 Å². The monoisotopic (exact) mass is 747 g/mol. The zero-order valence-corrected chi connectivity index (χ0v) is 32.9. The van der Waals surface area contributed by atoms with Crippen molar-refractivity contribution < 1.29 is 27.8 Å². The molecule has 0 amide bonds. The van der Waals surface area contributed by atoms with Gasteiger partial charge in [0.1, 0.15) is 5.82 Å². The van der Waals surface area contributed by atoms with Gasteiger partial charge in [0.05, 0.1) is 30.1 Å². The number of benzene rings is 4. The molecule has 1 aromatic heterocycles. The Morgan fingerprint density at radius 3 is 1.91 bits per heavy atom. The van der Waals surface area contributed by atoms with Gasteiger partial charge in [-0.1, -0.05) is 130 Å². The zero-order chi connectivity index (χ0) is 38.0. The quantitative estimate of drug-likeness (QED) is 0.0900. The van der Waals surface area contributed by atoms with E-state index in [0.29, 0.717) is 5.56 Å². The number of hydrogen-bond donors (Lipinski definition) is 1. The van der Waals surface area contributed by atoms with Gasteiger partial charge in [-0.2, -0.15) is 0 Å². The molecule has 274 valence electrons. The Morgan fingerprint density at radius 1 is 0.906 bits per heavy atom. The molecule has 1 aliphatic carbocycles. The van der Waals surface area contributed by atoms with Crippen LogP contribution in [-0.2, 0) is 18.3 Å². The van der Waals surface area contributed by atoms with Crippen LogP contribution in [0, 0.1) is 12.7 Å². The predicted molar refractivity (Wildman–Crippen MR) is 215 cm³/mol. The number of carboxylic acids is 1. The number of rotatable bonds is 14. The molecule has 1 saturated carbocycles. The molecule has 1 fully saturated rings. The largest absolute Gasteiger partial charge is 0.481 e. The second kappa shape index (κ2) is 15.5. The molecule has 0 spiro atoms. The van der Waals surface area contributed by atoms with Gasteiger partial charge in [-0.05, 0) is 64.0 Å². The van der Waals surface area contributed by atoms with Gasteiger partial charge in [0.2, 0.25) is 7.37 Å². The number of halogens is 1. The summed E-state index contributed by atoms with van der Waals surface area (Å²) < 4.78 is 43.1. The number of aliphatic carboxylic acids is 1. The van der Waals surface area contributed by atoms with E-state index in [1.54, 1.807) is 12.1 Å². The molecule has 1 aliphatic rings. The van der Waals surface area contributed by atoms with Crippen LogP contribution >= 0.6 is 7.37 Å². The van der Waals surface area contributed by atoms with E-state index in [-0.39, 0.29) is 23.2 Å². The van der Waals surface area contributed by atoms with Gasteiger partial charge in [-0.3, -0.25) is 14.3 Å².